The minimum Gasteiger partial charge on any atom is -0.496 e. The molecule has 4 nitrogen and oxygen atoms in total. The molecule has 1 aromatic carbocycles. The maximum atomic E-state index is 9.00. The minimum absolute atomic E-state index is 0.0696. The van der Waals surface area contributed by atoms with E-state index in [9.17, 15) is 0 Å². The molecule has 1 aliphatic heterocycles. The number of methoxy groups -OCH3 is 1. The number of rotatable bonds is 2. The summed E-state index contributed by atoms with van der Waals surface area (Å²) in [5, 5.41) is 9.00. The molecule has 0 aliphatic carbocycles. The van der Waals surface area contributed by atoms with Gasteiger partial charge in [-0.05, 0) is 6.07 Å². The molecule has 0 atom stereocenters. The first-order valence-electron chi connectivity index (χ1n) is 3.92. The van der Waals surface area contributed by atoms with Gasteiger partial charge in [0.2, 0.25) is 6.79 Å². The van der Waals surface area contributed by atoms with Crippen molar-refractivity contribution in [3.63, 3.8) is 0 Å². The summed E-state index contributed by atoms with van der Waals surface area (Å²) in [6.45, 7) is 0.160. The second-order valence-corrected chi connectivity index (χ2v) is 2.68. The molecule has 0 unspecified atom stereocenters. The molecule has 0 saturated heterocycles. The molecule has 13 heavy (non-hydrogen) atoms. The summed E-state index contributed by atoms with van der Waals surface area (Å²) in [4.78, 5) is 0. The maximum absolute atomic E-state index is 9.00. The highest BCUT2D eigenvalue weighted by atomic mass is 16.7. The number of aliphatic hydroxyl groups is 1. The first kappa shape index (κ1) is 8.19. The van der Waals surface area contributed by atoms with Crippen LogP contribution in [0.25, 0.3) is 0 Å². The zero-order chi connectivity index (χ0) is 9.26. The Bertz CT molecular complexity index is 291. The Morgan fingerprint density at radius 1 is 1.38 bits per heavy atom. The molecule has 0 bridgehead atoms. The first-order valence-corrected chi connectivity index (χ1v) is 3.92. The van der Waals surface area contributed by atoms with Gasteiger partial charge in [0.1, 0.15) is 5.75 Å². The van der Waals surface area contributed by atoms with Gasteiger partial charge >= 0.3 is 0 Å². The van der Waals surface area contributed by atoms with Gasteiger partial charge in [0.05, 0.1) is 13.7 Å². The van der Waals surface area contributed by atoms with Gasteiger partial charge in [0.15, 0.2) is 11.5 Å². The molecular weight excluding hydrogens is 172 g/mol. The predicted molar refractivity (Wildman–Crippen MR) is 45.0 cm³/mol. The SMILES string of the molecule is COc1cc2c(cc1CO)OCO2. The molecule has 0 spiro atoms. The molecule has 1 aliphatic rings. The van der Waals surface area contributed by atoms with Crippen molar-refractivity contribution in [2.45, 2.75) is 6.61 Å². The molecule has 0 fully saturated rings. The minimum atomic E-state index is -0.0696. The normalized spacial score (nSPS) is 13.1. The fraction of sp³-hybridized carbons (Fsp3) is 0.333. The lowest BCUT2D eigenvalue weighted by atomic mass is 10.2. The van der Waals surface area contributed by atoms with Gasteiger partial charge in [0.25, 0.3) is 0 Å². The van der Waals surface area contributed by atoms with E-state index >= 15 is 0 Å². The van der Waals surface area contributed by atoms with E-state index in [0.29, 0.717) is 22.8 Å². The summed E-state index contributed by atoms with van der Waals surface area (Å²) in [5.74, 6) is 1.94. The second-order valence-electron chi connectivity index (χ2n) is 2.68. The molecule has 1 aromatic rings. The van der Waals surface area contributed by atoms with Crippen molar-refractivity contribution in [2.24, 2.45) is 0 Å². The van der Waals surface area contributed by atoms with E-state index in [1.165, 1.54) is 0 Å². The average molecular weight is 182 g/mol. The summed E-state index contributed by atoms with van der Waals surface area (Å²) in [6, 6.07) is 3.44. The van der Waals surface area contributed by atoms with Crippen molar-refractivity contribution in [2.75, 3.05) is 13.9 Å². The highest BCUT2D eigenvalue weighted by molar-refractivity contribution is 5.51. The fourth-order valence-electron chi connectivity index (χ4n) is 1.28. The van der Waals surface area contributed by atoms with Crippen LogP contribution >= 0.6 is 0 Å². The van der Waals surface area contributed by atoms with E-state index in [-0.39, 0.29) is 13.4 Å². The number of benzene rings is 1. The summed E-state index contributed by atoms with van der Waals surface area (Å²) in [5.41, 5.74) is 0.701. The van der Waals surface area contributed by atoms with Crippen molar-refractivity contribution >= 4 is 0 Å². The Morgan fingerprint density at radius 2 is 2.08 bits per heavy atom. The summed E-state index contributed by atoms with van der Waals surface area (Å²) in [6.07, 6.45) is 0. The third-order valence-corrected chi connectivity index (χ3v) is 1.95. The molecule has 70 valence electrons. The fourth-order valence-corrected chi connectivity index (χ4v) is 1.28. The van der Waals surface area contributed by atoms with Gasteiger partial charge in [-0.3, -0.25) is 0 Å². The van der Waals surface area contributed by atoms with Crippen LogP contribution in [0.15, 0.2) is 12.1 Å². The van der Waals surface area contributed by atoms with Crippen LogP contribution < -0.4 is 14.2 Å². The van der Waals surface area contributed by atoms with Gasteiger partial charge in [-0.2, -0.15) is 0 Å². The average Bonchev–Trinajstić information content (AvgIpc) is 2.62. The van der Waals surface area contributed by atoms with E-state index in [1.807, 2.05) is 0 Å². The van der Waals surface area contributed by atoms with E-state index in [0.717, 1.165) is 0 Å². The number of hydrogen-bond donors (Lipinski definition) is 1. The lowest BCUT2D eigenvalue weighted by molar-refractivity contribution is 0.173. The third-order valence-electron chi connectivity index (χ3n) is 1.95. The molecule has 1 heterocycles. The van der Waals surface area contributed by atoms with Crippen molar-refractivity contribution in [1.82, 2.24) is 0 Å². The van der Waals surface area contributed by atoms with Crippen molar-refractivity contribution in [1.29, 1.82) is 0 Å². The van der Waals surface area contributed by atoms with E-state index in [4.69, 9.17) is 19.3 Å². The third kappa shape index (κ3) is 1.29. The lowest BCUT2D eigenvalue weighted by Gasteiger charge is -2.06. The van der Waals surface area contributed by atoms with Crippen LogP contribution in [0.4, 0.5) is 0 Å². The van der Waals surface area contributed by atoms with Gasteiger partial charge in [0, 0.05) is 11.6 Å². The van der Waals surface area contributed by atoms with Gasteiger partial charge < -0.3 is 19.3 Å². The predicted octanol–water partition coefficient (Wildman–Crippen LogP) is 0.916. The molecule has 0 saturated carbocycles. The number of aliphatic hydroxyl groups excluding tert-OH is 1. The van der Waals surface area contributed by atoms with Crippen molar-refractivity contribution < 1.29 is 19.3 Å². The molecule has 0 aromatic heterocycles. The van der Waals surface area contributed by atoms with Crippen LogP contribution in [0, 0.1) is 0 Å². The van der Waals surface area contributed by atoms with Gasteiger partial charge in [-0.25, -0.2) is 0 Å². The van der Waals surface area contributed by atoms with Gasteiger partial charge in [-0.15, -0.1) is 0 Å². The molecule has 0 amide bonds. The van der Waals surface area contributed by atoms with E-state index in [1.54, 1.807) is 19.2 Å². The number of fused-ring (bicyclic) bond motifs is 1. The van der Waals surface area contributed by atoms with Crippen LogP contribution in [0.5, 0.6) is 17.2 Å². The highest BCUT2D eigenvalue weighted by Crippen LogP contribution is 2.37. The topological polar surface area (TPSA) is 47.9 Å². The van der Waals surface area contributed by atoms with Crippen LogP contribution in [0.2, 0.25) is 0 Å². The Morgan fingerprint density at radius 3 is 2.69 bits per heavy atom. The summed E-state index contributed by atoms with van der Waals surface area (Å²) >= 11 is 0. The summed E-state index contributed by atoms with van der Waals surface area (Å²) < 4.78 is 15.4. The highest BCUT2D eigenvalue weighted by Gasteiger charge is 2.16. The van der Waals surface area contributed by atoms with Gasteiger partial charge in [-0.1, -0.05) is 0 Å². The quantitative estimate of drug-likeness (QED) is 0.738. The van der Waals surface area contributed by atoms with E-state index in [2.05, 4.69) is 0 Å². The molecule has 2 rings (SSSR count). The Labute approximate surface area is 75.7 Å². The zero-order valence-corrected chi connectivity index (χ0v) is 7.24. The molecular formula is C9H10O4. The molecule has 4 heteroatoms. The zero-order valence-electron chi connectivity index (χ0n) is 7.24. The number of hydrogen-bond acceptors (Lipinski definition) is 4. The summed E-state index contributed by atoms with van der Waals surface area (Å²) in [7, 11) is 1.55. The Balaban J connectivity index is 2.47. The Kier molecular flexibility index (Phi) is 1.98. The lowest BCUT2D eigenvalue weighted by Crippen LogP contribution is -1.92. The molecule has 0 radical (unpaired) electrons. The Hall–Kier alpha value is -1.42. The monoisotopic (exact) mass is 182 g/mol. The van der Waals surface area contributed by atoms with E-state index < -0.39 is 0 Å². The van der Waals surface area contributed by atoms with Crippen LogP contribution in [0.1, 0.15) is 5.56 Å². The first-order chi connectivity index (χ1) is 6.35. The van der Waals surface area contributed by atoms with Crippen LogP contribution in [0.3, 0.4) is 0 Å². The molecule has 1 N–H and O–H groups in total. The second kappa shape index (κ2) is 3.14. The standard InChI is InChI=1S/C9H10O4/c1-11-7-3-9-8(12-5-13-9)2-6(7)4-10/h2-3,10H,4-5H2,1H3. The van der Waals surface area contributed by atoms with Crippen molar-refractivity contribution in [3.05, 3.63) is 17.7 Å². The smallest absolute Gasteiger partial charge is 0.231 e. The number of ether oxygens (including phenoxy) is 3. The maximum Gasteiger partial charge on any atom is 0.231 e. The van der Waals surface area contributed by atoms with Crippen LogP contribution in [-0.2, 0) is 6.61 Å². The largest absolute Gasteiger partial charge is 0.496 e. The van der Waals surface area contributed by atoms with Crippen LogP contribution in [-0.4, -0.2) is 19.0 Å². The van der Waals surface area contributed by atoms with Crippen molar-refractivity contribution in [3.8, 4) is 17.2 Å².